The number of pyridine rings is 1. The van der Waals surface area contributed by atoms with Crippen molar-refractivity contribution < 1.29 is 4.57 Å². The highest BCUT2D eigenvalue weighted by Gasteiger charge is 2.41. The predicted molar refractivity (Wildman–Crippen MR) is 146 cm³/mol. The average molecular weight is 464 g/mol. The van der Waals surface area contributed by atoms with Gasteiger partial charge in [0.05, 0.1) is 30.7 Å². The Labute approximate surface area is 205 Å². The second kappa shape index (κ2) is 8.53. The zero-order valence-corrected chi connectivity index (χ0v) is 22.7. The van der Waals surface area contributed by atoms with Crippen LogP contribution < -0.4 is 9.75 Å². The first-order valence-electron chi connectivity index (χ1n) is 12.0. The molecule has 172 valence electrons. The van der Waals surface area contributed by atoms with E-state index in [-0.39, 0.29) is 5.04 Å². The Hall–Kier alpha value is -3.22. The molecular formula is C31H35N2Si+. The van der Waals surface area contributed by atoms with Crippen molar-refractivity contribution in [2.75, 3.05) is 0 Å². The van der Waals surface area contributed by atoms with Crippen LogP contribution in [0.3, 0.4) is 0 Å². The number of benzene rings is 3. The van der Waals surface area contributed by atoms with E-state index in [0.29, 0.717) is 0 Å². The third-order valence-corrected chi connectivity index (χ3v) is 13.5. The highest BCUT2D eigenvalue weighted by Crippen LogP contribution is 2.35. The summed E-state index contributed by atoms with van der Waals surface area (Å²) in [5.41, 5.74) is 7.90. The SMILES string of the molecule is Cc1cc(-c2c3ccc([Si](C)(C)C(C)(C)c4ccccc4)cc3cc[n+]2C)c(C)c(C)c1C#N. The molecule has 0 aliphatic rings. The quantitative estimate of drug-likeness (QED) is 0.249. The summed E-state index contributed by atoms with van der Waals surface area (Å²) in [5.74, 6) is 0. The Balaban J connectivity index is 1.91. The molecule has 0 fully saturated rings. The molecule has 0 amide bonds. The average Bonchev–Trinajstić information content (AvgIpc) is 2.82. The van der Waals surface area contributed by atoms with Crippen LogP contribution in [0.1, 0.15) is 41.7 Å². The van der Waals surface area contributed by atoms with Crippen LogP contribution in [-0.2, 0) is 12.1 Å². The zero-order chi connectivity index (χ0) is 24.8. The molecule has 0 saturated carbocycles. The van der Waals surface area contributed by atoms with E-state index in [1.807, 2.05) is 6.92 Å². The molecule has 1 aromatic heterocycles. The summed E-state index contributed by atoms with van der Waals surface area (Å²) in [4.78, 5) is 0. The van der Waals surface area contributed by atoms with Gasteiger partial charge in [0.1, 0.15) is 7.05 Å². The standard InChI is InChI=1S/C31H35N2Si/c1-21-18-28(22(2)23(3)29(21)20-32)30-27-15-14-26(19-24(27)16-17-33(30)6)34(7,8)31(4,5)25-12-10-9-11-13-25/h9-19H,1-8H3/q+1. The number of hydrogen-bond acceptors (Lipinski definition) is 1. The van der Waals surface area contributed by atoms with Gasteiger partial charge in [-0.25, -0.2) is 4.57 Å². The number of fused-ring (bicyclic) bond motifs is 1. The molecule has 0 bridgehead atoms. The molecular weight excluding hydrogens is 428 g/mol. The van der Waals surface area contributed by atoms with Crippen molar-refractivity contribution in [2.45, 2.75) is 52.8 Å². The van der Waals surface area contributed by atoms with Crippen molar-refractivity contribution >= 4 is 24.0 Å². The molecule has 0 atom stereocenters. The van der Waals surface area contributed by atoms with Crippen LogP contribution in [0.2, 0.25) is 13.1 Å². The second-order valence-electron chi connectivity index (χ2n) is 10.7. The van der Waals surface area contributed by atoms with Gasteiger partial charge in [-0.3, -0.25) is 0 Å². The van der Waals surface area contributed by atoms with Gasteiger partial charge in [-0.1, -0.05) is 74.6 Å². The van der Waals surface area contributed by atoms with Gasteiger partial charge < -0.3 is 0 Å². The molecule has 0 unspecified atom stereocenters. The van der Waals surface area contributed by atoms with Crippen molar-refractivity contribution in [3.63, 3.8) is 0 Å². The third kappa shape index (κ3) is 3.67. The van der Waals surface area contributed by atoms with Crippen molar-refractivity contribution in [3.05, 3.63) is 94.7 Å². The Kier molecular flexibility index (Phi) is 6.00. The van der Waals surface area contributed by atoms with Crippen LogP contribution >= 0.6 is 0 Å². The highest BCUT2D eigenvalue weighted by atomic mass is 28.3. The van der Waals surface area contributed by atoms with Gasteiger partial charge in [-0.2, -0.15) is 5.26 Å². The van der Waals surface area contributed by atoms with Gasteiger partial charge in [-0.05, 0) is 65.6 Å². The smallest absolute Gasteiger partial charge is 0.200 e. The molecule has 1 heterocycles. The number of aryl methyl sites for hydroxylation is 2. The molecule has 2 nitrogen and oxygen atoms in total. The third-order valence-electron chi connectivity index (χ3n) is 8.38. The molecule has 3 heteroatoms. The molecule has 3 aromatic carbocycles. The van der Waals surface area contributed by atoms with E-state index in [1.165, 1.54) is 38.3 Å². The lowest BCUT2D eigenvalue weighted by Crippen LogP contribution is -2.57. The molecule has 0 spiro atoms. The van der Waals surface area contributed by atoms with Crippen LogP contribution in [0, 0.1) is 32.1 Å². The van der Waals surface area contributed by atoms with E-state index < -0.39 is 8.07 Å². The fraction of sp³-hybridized carbons (Fsp3) is 0.290. The Morgan fingerprint density at radius 1 is 0.882 bits per heavy atom. The van der Waals surface area contributed by atoms with E-state index in [2.05, 4.69) is 125 Å². The molecule has 0 N–H and O–H groups in total. The van der Waals surface area contributed by atoms with Crippen LogP contribution in [0.4, 0.5) is 0 Å². The van der Waals surface area contributed by atoms with Crippen molar-refractivity contribution in [3.8, 4) is 17.3 Å². The monoisotopic (exact) mass is 463 g/mol. The van der Waals surface area contributed by atoms with Crippen LogP contribution in [0.25, 0.3) is 22.0 Å². The van der Waals surface area contributed by atoms with Gasteiger partial charge in [0, 0.05) is 6.07 Å². The first-order chi connectivity index (χ1) is 16.0. The minimum atomic E-state index is -1.86. The molecule has 34 heavy (non-hydrogen) atoms. The maximum Gasteiger partial charge on any atom is 0.220 e. The van der Waals surface area contributed by atoms with Crippen LogP contribution in [0.15, 0.2) is 66.9 Å². The Morgan fingerprint density at radius 3 is 2.21 bits per heavy atom. The topological polar surface area (TPSA) is 27.7 Å². The molecule has 0 saturated heterocycles. The summed E-state index contributed by atoms with van der Waals surface area (Å²) < 4.78 is 2.21. The molecule has 0 aliphatic heterocycles. The van der Waals surface area contributed by atoms with Crippen molar-refractivity contribution in [2.24, 2.45) is 7.05 Å². The lowest BCUT2D eigenvalue weighted by Gasteiger charge is -2.41. The van der Waals surface area contributed by atoms with Crippen LogP contribution in [-0.4, -0.2) is 8.07 Å². The minimum absolute atomic E-state index is 0.0994. The summed E-state index contributed by atoms with van der Waals surface area (Å²) in [7, 11) is 0.254. The van der Waals surface area contributed by atoms with Crippen molar-refractivity contribution in [1.82, 2.24) is 0 Å². The minimum Gasteiger partial charge on any atom is -0.200 e. The van der Waals surface area contributed by atoms with E-state index >= 15 is 0 Å². The van der Waals surface area contributed by atoms with Gasteiger partial charge in [0.2, 0.25) is 5.69 Å². The lowest BCUT2D eigenvalue weighted by atomic mass is 9.91. The largest absolute Gasteiger partial charge is 0.220 e. The van der Waals surface area contributed by atoms with Gasteiger partial charge >= 0.3 is 0 Å². The number of nitrogens with zero attached hydrogens (tertiary/aromatic N) is 2. The summed E-state index contributed by atoms with van der Waals surface area (Å²) >= 11 is 0. The van der Waals surface area contributed by atoms with Gasteiger partial charge in [-0.15, -0.1) is 0 Å². The Bertz CT molecular complexity index is 1440. The number of aromatic nitrogens is 1. The summed E-state index contributed by atoms with van der Waals surface area (Å²) in [6.07, 6.45) is 2.17. The van der Waals surface area contributed by atoms with E-state index in [4.69, 9.17) is 0 Å². The first kappa shape index (κ1) is 23.9. The molecule has 0 aliphatic carbocycles. The normalized spacial score (nSPS) is 12.1. The fourth-order valence-corrected chi connectivity index (χ4v) is 7.80. The number of nitriles is 1. The van der Waals surface area contributed by atoms with Gasteiger partial charge in [0.25, 0.3) is 0 Å². The van der Waals surface area contributed by atoms with Crippen molar-refractivity contribution in [1.29, 1.82) is 5.26 Å². The maximum atomic E-state index is 9.61. The fourth-order valence-electron chi connectivity index (χ4n) is 5.17. The van der Waals surface area contributed by atoms with E-state index in [9.17, 15) is 5.26 Å². The maximum absolute atomic E-state index is 9.61. The number of hydrogen-bond donors (Lipinski definition) is 0. The highest BCUT2D eigenvalue weighted by molar-refractivity contribution is 6.92. The zero-order valence-electron chi connectivity index (χ0n) is 21.7. The molecule has 0 radical (unpaired) electrons. The summed E-state index contributed by atoms with van der Waals surface area (Å²) in [6, 6.07) is 24.8. The summed E-state index contributed by atoms with van der Waals surface area (Å²) in [5, 5.41) is 13.7. The summed E-state index contributed by atoms with van der Waals surface area (Å²) in [6.45, 7) is 16.0. The lowest BCUT2D eigenvalue weighted by molar-refractivity contribution is -0.659. The van der Waals surface area contributed by atoms with Gasteiger partial charge in [0.15, 0.2) is 6.20 Å². The number of rotatable bonds is 4. The first-order valence-corrected chi connectivity index (χ1v) is 15.0. The van der Waals surface area contributed by atoms with Crippen LogP contribution in [0.5, 0.6) is 0 Å². The van der Waals surface area contributed by atoms with E-state index in [0.717, 1.165) is 16.7 Å². The second-order valence-corrected chi connectivity index (χ2v) is 15.7. The predicted octanol–water partition coefficient (Wildman–Crippen LogP) is 6.56. The Morgan fingerprint density at radius 2 is 1.56 bits per heavy atom. The van der Waals surface area contributed by atoms with E-state index in [1.54, 1.807) is 0 Å². The molecule has 4 aromatic rings. The molecule has 4 rings (SSSR count).